The number of rotatable bonds is 4. The van der Waals surface area contributed by atoms with E-state index in [1.165, 1.54) is 24.3 Å². The van der Waals surface area contributed by atoms with Crippen molar-refractivity contribution in [1.82, 2.24) is 0 Å². The van der Waals surface area contributed by atoms with Gasteiger partial charge in [0.2, 0.25) is 0 Å². The summed E-state index contributed by atoms with van der Waals surface area (Å²) in [7, 11) is 0. The Balaban J connectivity index is 2.24. The molecule has 0 saturated carbocycles. The maximum Gasteiger partial charge on any atom is 0.185 e. The van der Waals surface area contributed by atoms with Gasteiger partial charge in [-0.15, -0.1) is 0 Å². The van der Waals surface area contributed by atoms with Crippen LogP contribution in [-0.4, -0.2) is 27.1 Å². The van der Waals surface area contributed by atoms with E-state index in [2.05, 4.69) is 0 Å². The third kappa shape index (κ3) is 3.06. The fraction of sp³-hybridized carbons (Fsp3) is 0.133. The van der Waals surface area contributed by atoms with Crippen molar-refractivity contribution in [2.24, 2.45) is 5.73 Å². The van der Waals surface area contributed by atoms with Gasteiger partial charge in [0.05, 0.1) is 17.3 Å². The Kier molecular flexibility index (Phi) is 4.00. The van der Waals surface area contributed by atoms with E-state index in [4.69, 9.17) is 11.5 Å². The Morgan fingerprint density at radius 1 is 1.00 bits per heavy atom. The molecule has 6 heteroatoms. The molecule has 0 aliphatic heterocycles. The van der Waals surface area contributed by atoms with Crippen molar-refractivity contribution in [3.05, 3.63) is 47.5 Å². The predicted octanol–water partition coefficient (Wildman–Crippen LogP) is 1.14. The molecular weight excluding hydrogens is 272 g/mol. The average molecular weight is 288 g/mol. The Bertz CT molecular complexity index is 668. The smallest absolute Gasteiger partial charge is 0.185 e. The van der Waals surface area contributed by atoms with Crippen LogP contribution in [0.4, 0.5) is 5.69 Å². The molecule has 0 unspecified atom stereocenters. The van der Waals surface area contributed by atoms with Gasteiger partial charge in [-0.1, -0.05) is 12.1 Å². The van der Waals surface area contributed by atoms with Gasteiger partial charge in [-0.25, -0.2) is 0 Å². The lowest BCUT2D eigenvalue weighted by atomic mass is 9.96. The van der Waals surface area contributed by atoms with E-state index < -0.39 is 11.8 Å². The number of carbonyl (C=O) groups is 1. The number of phenols is 3. The van der Waals surface area contributed by atoms with Crippen molar-refractivity contribution in [2.75, 3.05) is 5.73 Å². The molecule has 0 radical (unpaired) electrons. The summed E-state index contributed by atoms with van der Waals surface area (Å²) in [6.07, 6.45) is 0.216. The highest BCUT2D eigenvalue weighted by atomic mass is 16.3. The first-order chi connectivity index (χ1) is 9.90. The first kappa shape index (κ1) is 14.7. The van der Waals surface area contributed by atoms with Crippen molar-refractivity contribution in [3.63, 3.8) is 0 Å². The number of nitrogen functional groups attached to an aromatic ring is 1. The van der Waals surface area contributed by atoms with Gasteiger partial charge >= 0.3 is 0 Å². The van der Waals surface area contributed by atoms with Crippen LogP contribution in [-0.2, 0) is 6.42 Å². The topological polar surface area (TPSA) is 130 Å². The van der Waals surface area contributed by atoms with Gasteiger partial charge in [0, 0.05) is 0 Å². The number of nitrogens with two attached hydrogens (primary N) is 2. The molecule has 0 aliphatic rings. The number of hydrogen-bond acceptors (Lipinski definition) is 6. The molecule has 0 amide bonds. The molecule has 0 spiro atoms. The molecule has 21 heavy (non-hydrogen) atoms. The molecule has 7 N–H and O–H groups in total. The van der Waals surface area contributed by atoms with E-state index in [0.717, 1.165) is 5.56 Å². The molecule has 0 aliphatic carbocycles. The Morgan fingerprint density at radius 2 is 1.57 bits per heavy atom. The second-order valence-electron chi connectivity index (χ2n) is 4.73. The molecule has 110 valence electrons. The van der Waals surface area contributed by atoms with E-state index in [0.29, 0.717) is 0 Å². The van der Waals surface area contributed by atoms with Gasteiger partial charge < -0.3 is 26.8 Å². The van der Waals surface area contributed by atoms with Crippen LogP contribution in [0, 0.1) is 0 Å². The minimum atomic E-state index is -0.926. The number of aromatic hydroxyl groups is 3. The van der Waals surface area contributed by atoms with Gasteiger partial charge in [0.25, 0.3) is 0 Å². The summed E-state index contributed by atoms with van der Waals surface area (Å²) in [5.41, 5.74) is 11.8. The summed E-state index contributed by atoms with van der Waals surface area (Å²) >= 11 is 0. The maximum atomic E-state index is 12.3. The van der Waals surface area contributed by atoms with E-state index in [1.807, 2.05) is 0 Å². The van der Waals surface area contributed by atoms with Crippen molar-refractivity contribution < 1.29 is 20.1 Å². The van der Waals surface area contributed by atoms with Crippen LogP contribution < -0.4 is 11.5 Å². The minimum Gasteiger partial charge on any atom is -0.508 e. The molecule has 6 nitrogen and oxygen atoms in total. The average Bonchev–Trinajstić information content (AvgIpc) is 2.45. The zero-order chi connectivity index (χ0) is 15.6. The lowest BCUT2D eigenvalue weighted by molar-refractivity contribution is 0.0959. The number of Topliss-reactive ketones (excluding diaryl/α,β-unsaturated/α-hetero) is 1. The number of benzene rings is 2. The first-order valence-electron chi connectivity index (χ1n) is 6.28. The zero-order valence-electron chi connectivity index (χ0n) is 11.2. The standard InChI is InChI=1S/C15H16N2O4/c16-10(7-8-1-3-9(18)4-2-8)15(21)13-11(19)5-6-12(20)14(13)17/h1-6,10,18-20H,7,16-17H2/t10-/m0/s1. The molecular formula is C15H16N2O4. The number of phenolic OH excluding ortho intramolecular Hbond substituents is 3. The van der Waals surface area contributed by atoms with Gasteiger partial charge in [-0.2, -0.15) is 0 Å². The van der Waals surface area contributed by atoms with Crippen molar-refractivity contribution >= 4 is 11.5 Å². The largest absolute Gasteiger partial charge is 0.508 e. The fourth-order valence-corrected chi connectivity index (χ4v) is 2.02. The predicted molar refractivity (Wildman–Crippen MR) is 78.3 cm³/mol. The van der Waals surface area contributed by atoms with Crippen LogP contribution in [0.1, 0.15) is 15.9 Å². The summed E-state index contributed by atoms with van der Waals surface area (Å²) in [5.74, 6) is -1.05. The summed E-state index contributed by atoms with van der Waals surface area (Å²) in [6.45, 7) is 0. The van der Waals surface area contributed by atoms with Crippen molar-refractivity contribution in [2.45, 2.75) is 12.5 Å². The zero-order valence-corrected chi connectivity index (χ0v) is 11.2. The minimum absolute atomic E-state index is 0.119. The molecule has 0 fully saturated rings. The Morgan fingerprint density at radius 3 is 2.19 bits per heavy atom. The summed E-state index contributed by atoms with van der Waals surface area (Å²) in [6, 6.07) is 7.74. The van der Waals surface area contributed by atoms with Gasteiger partial charge in [-0.3, -0.25) is 4.79 Å². The highest BCUT2D eigenvalue weighted by Crippen LogP contribution is 2.32. The third-order valence-corrected chi connectivity index (χ3v) is 3.18. The third-order valence-electron chi connectivity index (χ3n) is 3.18. The van der Waals surface area contributed by atoms with E-state index in [1.54, 1.807) is 12.1 Å². The summed E-state index contributed by atoms with van der Waals surface area (Å²) in [4.78, 5) is 12.3. The molecule has 0 heterocycles. The highest BCUT2D eigenvalue weighted by Gasteiger charge is 2.23. The molecule has 0 aromatic heterocycles. The van der Waals surface area contributed by atoms with Gasteiger partial charge in [0.1, 0.15) is 17.2 Å². The normalized spacial score (nSPS) is 12.0. The SMILES string of the molecule is Nc1c(O)ccc(O)c1C(=O)[C@@H](N)Cc1ccc(O)cc1. The summed E-state index contributed by atoms with van der Waals surface area (Å²) in [5, 5.41) is 28.5. The van der Waals surface area contributed by atoms with E-state index in [-0.39, 0.29) is 34.9 Å². The van der Waals surface area contributed by atoms with Crippen LogP contribution in [0.5, 0.6) is 17.2 Å². The lowest BCUT2D eigenvalue weighted by Crippen LogP contribution is -2.33. The number of anilines is 1. The van der Waals surface area contributed by atoms with Gasteiger partial charge in [0.15, 0.2) is 5.78 Å². The van der Waals surface area contributed by atoms with Crippen LogP contribution in [0.15, 0.2) is 36.4 Å². The highest BCUT2D eigenvalue weighted by molar-refractivity contribution is 6.07. The molecule has 2 rings (SSSR count). The van der Waals surface area contributed by atoms with Crippen LogP contribution in [0.25, 0.3) is 0 Å². The second-order valence-corrected chi connectivity index (χ2v) is 4.73. The second kappa shape index (κ2) is 5.72. The molecule has 2 aromatic rings. The Hall–Kier alpha value is -2.73. The molecule has 0 bridgehead atoms. The fourth-order valence-electron chi connectivity index (χ4n) is 2.02. The van der Waals surface area contributed by atoms with E-state index in [9.17, 15) is 20.1 Å². The number of carbonyl (C=O) groups excluding carboxylic acids is 1. The number of hydrogen-bond donors (Lipinski definition) is 5. The number of ketones is 1. The van der Waals surface area contributed by atoms with E-state index >= 15 is 0 Å². The monoisotopic (exact) mass is 288 g/mol. The first-order valence-corrected chi connectivity index (χ1v) is 6.28. The summed E-state index contributed by atoms with van der Waals surface area (Å²) < 4.78 is 0. The van der Waals surface area contributed by atoms with Crippen molar-refractivity contribution in [1.29, 1.82) is 0 Å². The van der Waals surface area contributed by atoms with Crippen LogP contribution in [0.2, 0.25) is 0 Å². The molecule has 2 aromatic carbocycles. The molecule has 1 atom stereocenters. The lowest BCUT2D eigenvalue weighted by Gasteiger charge is -2.14. The van der Waals surface area contributed by atoms with Crippen LogP contribution >= 0.6 is 0 Å². The molecule has 0 saturated heterocycles. The maximum absolute atomic E-state index is 12.3. The quantitative estimate of drug-likeness (QED) is 0.248. The van der Waals surface area contributed by atoms with Crippen LogP contribution in [0.3, 0.4) is 0 Å². The van der Waals surface area contributed by atoms with Gasteiger partial charge in [-0.05, 0) is 36.2 Å². The van der Waals surface area contributed by atoms with Crippen molar-refractivity contribution in [3.8, 4) is 17.2 Å². The Labute approximate surface area is 121 Å².